The van der Waals surface area contributed by atoms with E-state index in [4.69, 9.17) is 0 Å². The number of aryl methyl sites for hydroxylation is 1. The minimum absolute atomic E-state index is 0.102. The SMILES string of the molecule is Cc1ccc(C(=O)N(C)C(C)C2CC2)cc1S(=O)(=O)N1CCCCC1. The van der Waals surface area contributed by atoms with Crippen LogP contribution in [0.15, 0.2) is 23.1 Å². The van der Waals surface area contributed by atoms with Crippen LogP contribution in [-0.2, 0) is 10.0 Å². The molecule has 2 aliphatic rings. The maximum Gasteiger partial charge on any atom is 0.253 e. The molecule has 3 rings (SSSR count). The van der Waals surface area contributed by atoms with E-state index in [2.05, 4.69) is 6.92 Å². The van der Waals surface area contributed by atoms with Crippen molar-refractivity contribution in [1.82, 2.24) is 9.21 Å². The van der Waals surface area contributed by atoms with Crippen molar-refractivity contribution in [3.05, 3.63) is 29.3 Å². The van der Waals surface area contributed by atoms with Crippen molar-refractivity contribution in [2.75, 3.05) is 20.1 Å². The Balaban J connectivity index is 1.88. The van der Waals surface area contributed by atoms with Crippen LogP contribution in [0.3, 0.4) is 0 Å². The first-order valence-corrected chi connectivity index (χ1v) is 10.6. The van der Waals surface area contributed by atoms with Crippen molar-refractivity contribution in [3.63, 3.8) is 0 Å². The van der Waals surface area contributed by atoms with Gasteiger partial charge < -0.3 is 4.90 Å². The molecular formula is C19H28N2O3S. The molecule has 1 amide bonds. The summed E-state index contributed by atoms with van der Waals surface area (Å²) in [6.45, 7) is 4.99. The number of carbonyl (C=O) groups is 1. The van der Waals surface area contributed by atoms with Crippen LogP contribution in [0.1, 0.15) is 54.9 Å². The molecule has 1 aromatic carbocycles. The molecule has 1 aliphatic carbocycles. The van der Waals surface area contributed by atoms with E-state index in [1.165, 1.54) is 12.8 Å². The van der Waals surface area contributed by atoms with Crippen molar-refractivity contribution >= 4 is 15.9 Å². The van der Waals surface area contributed by atoms with Gasteiger partial charge in [0.15, 0.2) is 0 Å². The number of benzene rings is 1. The standard InChI is InChI=1S/C19H28N2O3S/c1-14-7-8-17(19(22)20(3)15(2)16-9-10-16)13-18(14)25(23,24)21-11-5-4-6-12-21/h7-8,13,15-16H,4-6,9-12H2,1-3H3. The van der Waals surface area contributed by atoms with Gasteiger partial charge in [-0.3, -0.25) is 4.79 Å². The van der Waals surface area contributed by atoms with Gasteiger partial charge in [0.2, 0.25) is 10.0 Å². The van der Waals surface area contributed by atoms with E-state index in [0.29, 0.717) is 30.1 Å². The second-order valence-corrected chi connectivity index (χ2v) is 9.35. The summed E-state index contributed by atoms with van der Waals surface area (Å²) >= 11 is 0. The van der Waals surface area contributed by atoms with Gasteiger partial charge in [0.1, 0.15) is 0 Å². The molecule has 1 aliphatic heterocycles. The van der Waals surface area contributed by atoms with Crippen LogP contribution >= 0.6 is 0 Å². The quantitative estimate of drug-likeness (QED) is 0.807. The lowest BCUT2D eigenvalue weighted by Gasteiger charge is -2.27. The molecule has 1 aromatic rings. The molecule has 0 spiro atoms. The molecule has 25 heavy (non-hydrogen) atoms. The van der Waals surface area contributed by atoms with Crippen molar-refractivity contribution in [1.29, 1.82) is 0 Å². The van der Waals surface area contributed by atoms with Gasteiger partial charge in [0.25, 0.3) is 5.91 Å². The third kappa shape index (κ3) is 3.75. The zero-order valence-corrected chi connectivity index (χ0v) is 16.2. The van der Waals surface area contributed by atoms with Crippen LogP contribution < -0.4 is 0 Å². The lowest BCUT2D eigenvalue weighted by atomic mass is 10.1. The van der Waals surface area contributed by atoms with E-state index in [0.717, 1.165) is 19.3 Å². The molecule has 0 N–H and O–H groups in total. The Morgan fingerprint density at radius 2 is 1.84 bits per heavy atom. The van der Waals surface area contributed by atoms with Crippen molar-refractivity contribution in [2.24, 2.45) is 5.92 Å². The van der Waals surface area contributed by atoms with Crippen molar-refractivity contribution in [3.8, 4) is 0 Å². The first kappa shape index (κ1) is 18.4. The highest BCUT2D eigenvalue weighted by Gasteiger charge is 2.33. The van der Waals surface area contributed by atoms with E-state index >= 15 is 0 Å². The molecule has 1 saturated heterocycles. The fourth-order valence-electron chi connectivity index (χ4n) is 3.54. The maximum absolute atomic E-state index is 13.0. The van der Waals surface area contributed by atoms with Crippen molar-refractivity contribution in [2.45, 2.75) is 56.9 Å². The summed E-state index contributed by atoms with van der Waals surface area (Å²) in [5.41, 5.74) is 1.15. The molecule has 0 aromatic heterocycles. The van der Waals surface area contributed by atoms with Gasteiger partial charge in [0.05, 0.1) is 4.90 Å². The smallest absolute Gasteiger partial charge is 0.253 e. The van der Waals surface area contributed by atoms with Gasteiger partial charge in [-0.1, -0.05) is 12.5 Å². The minimum atomic E-state index is -3.54. The third-order valence-electron chi connectivity index (χ3n) is 5.60. The van der Waals surface area contributed by atoms with Crippen molar-refractivity contribution < 1.29 is 13.2 Å². The number of piperidine rings is 1. The van der Waals surface area contributed by atoms with Crippen LogP contribution in [0.5, 0.6) is 0 Å². The van der Waals surface area contributed by atoms with Gasteiger partial charge in [0, 0.05) is 31.7 Å². The van der Waals surface area contributed by atoms with Gasteiger partial charge in [-0.15, -0.1) is 0 Å². The Morgan fingerprint density at radius 3 is 2.44 bits per heavy atom. The zero-order valence-electron chi connectivity index (χ0n) is 15.4. The monoisotopic (exact) mass is 364 g/mol. The molecule has 138 valence electrons. The molecule has 0 bridgehead atoms. The second kappa shape index (κ2) is 7.08. The zero-order chi connectivity index (χ0) is 18.2. The Kier molecular flexibility index (Phi) is 5.21. The molecule has 1 saturated carbocycles. The largest absolute Gasteiger partial charge is 0.339 e. The van der Waals surface area contributed by atoms with E-state index in [9.17, 15) is 13.2 Å². The first-order chi connectivity index (χ1) is 11.8. The Hall–Kier alpha value is -1.40. The number of nitrogens with zero attached hydrogens (tertiary/aromatic N) is 2. The van der Waals surface area contributed by atoms with Crippen LogP contribution in [0.25, 0.3) is 0 Å². The Bertz CT molecular complexity index is 750. The molecule has 2 fully saturated rings. The van der Waals surface area contributed by atoms with Crippen LogP contribution in [-0.4, -0.2) is 49.7 Å². The predicted molar refractivity (Wildman–Crippen MR) is 98.1 cm³/mol. The Labute approximate surface area is 151 Å². The summed E-state index contributed by atoms with van der Waals surface area (Å²) in [6.07, 6.45) is 5.22. The topological polar surface area (TPSA) is 57.7 Å². The molecular weight excluding hydrogens is 336 g/mol. The van der Waals surface area contributed by atoms with Crippen LogP contribution in [0, 0.1) is 12.8 Å². The summed E-state index contributed by atoms with van der Waals surface area (Å²) < 4.78 is 27.6. The Morgan fingerprint density at radius 1 is 1.20 bits per heavy atom. The van der Waals surface area contributed by atoms with Gasteiger partial charge >= 0.3 is 0 Å². The fraction of sp³-hybridized carbons (Fsp3) is 0.632. The number of rotatable bonds is 5. The number of hydrogen-bond donors (Lipinski definition) is 0. The molecule has 5 nitrogen and oxygen atoms in total. The predicted octanol–water partition coefficient (Wildman–Crippen LogP) is 3.04. The maximum atomic E-state index is 13.0. The molecule has 6 heteroatoms. The highest BCUT2D eigenvalue weighted by atomic mass is 32.2. The van der Waals surface area contributed by atoms with Crippen LogP contribution in [0.4, 0.5) is 0 Å². The summed E-state index contributed by atoms with van der Waals surface area (Å²) in [5, 5.41) is 0. The normalized spacial score (nSPS) is 20.3. The fourth-order valence-corrected chi connectivity index (χ4v) is 5.31. The van der Waals surface area contributed by atoms with E-state index in [1.54, 1.807) is 34.3 Å². The number of carbonyl (C=O) groups excluding carboxylic acids is 1. The highest BCUT2D eigenvalue weighted by Crippen LogP contribution is 2.35. The van der Waals surface area contributed by atoms with Gasteiger partial charge in [-0.2, -0.15) is 4.31 Å². The first-order valence-electron chi connectivity index (χ1n) is 9.20. The highest BCUT2D eigenvalue weighted by molar-refractivity contribution is 7.89. The molecule has 1 atom stereocenters. The molecule has 0 radical (unpaired) electrons. The molecule has 1 unspecified atom stereocenters. The minimum Gasteiger partial charge on any atom is -0.339 e. The summed E-state index contributed by atoms with van der Waals surface area (Å²) in [4.78, 5) is 14.8. The number of amides is 1. The third-order valence-corrected chi connectivity index (χ3v) is 7.64. The van der Waals surface area contributed by atoms with E-state index in [1.807, 2.05) is 7.05 Å². The number of sulfonamides is 1. The van der Waals surface area contributed by atoms with Gasteiger partial charge in [-0.25, -0.2) is 8.42 Å². The second-order valence-electron chi connectivity index (χ2n) is 7.44. The van der Waals surface area contributed by atoms with E-state index < -0.39 is 10.0 Å². The van der Waals surface area contributed by atoms with Crippen LogP contribution in [0.2, 0.25) is 0 Å². The summed E-state index contributed by atoms with van der Waals surface area (Å²) in [5.74, 6) is 0.477. The average molecular weight is 365 g/mol. The number of hydrogen-bond acceptors (Lipinski definition) is 3. The van der Waals surface area contributed by atoms with Gasteiger partial charge in [-0.05, 0) is 63.1 Å². The molecule has 1 heterocycles. The van der Waals surface area contributed by atoms with E-state index in [-0.39, 0.29) is 16.8 Å². The lowest BCUT2D eigenvalue weighted by Crippen LogP contribution is -2.37. The summed E-state index contributed by atoms with van der Waals surface area (Å²) in [6, 6.07) is 5.25. The lowest BCUT2D eigenvalue weighted by molar-refractivity contribution is 0.0727. The summed E-state index contributed by atoms with van der Waals surface area (Å²) in [7, 11) is -1.73. The average Bonchev–Trinajstić information content (AvgIpc) is 3.46.